The SMILES string of the molecule is C[C@H](c1noc2ccccc12)S(N)(=O)=O. The molecule has 0 aliphatic heterocycles. The lowest BCUT2D eigenvalue weighted by Crippen LogP contribution is -2.19. The zero-order chi connectivity index (χ0) is 11.1. The second kappa shape index (κ2) is 3.32. The molecule has 0 unspecified atom stereocenters. The summed E-state index contributed by atoms with van der Waals surface area (Å²) in [6.07, 6.45) is 0. The van der Waals surface area contributed by atoms with Crippen LogP contribution in [0.5, 0.6) is 0 Å². The van der Waals surface area contributed by atoms with Crippen LogP contribution in [0.3, 0.4) is 0 Å². The van der Waals surface area contributed by atoms with E-state index >= 15 is 0 Å². The number of rotatable bonds is 2. The van der Waals surface area contributed by atoms with E-state index in [-0.39, 0.29) is 0 Å². The van der Waals surface area contributed by atoms with Crippen molar-refractivity contribution < 1.29 is 12.9 Å². The maximum absolute atomic E-state index is 11.2. The Hall–Kier alpha value is -1.40. The van der Waals surface area contributed by atoms with Crippen molar-refractivity contribution in [3.63, 3.8) is 0 Å². The summed E-state index contributed by atoms with van der Waals surface area (Å²) < 4.78 is 27.3. The van der Waals surface area contributed by atoms with Crippen LogP contribution in [0.2, 0.25) is 0 Å². The number of hydrogen-bond donors (Lipinski definition) is 1. The van der Waals surface area contributed by atoms with Crippen LogP contribution in [-0.4, -0.2) is 13.6 Å². The lowest BCUT2D eigenvalue weighted by atomic mass is 10.2. The summed E-state index contributed by atoms with van der Waals surface area (Å²) >= 11 is 0. The van der Waals surface area contributed by atoms with Crippen LogP contribution in [0.4, 0.5) is 0 Å². The topological polar surface area (TPSA) is 86.2 Å². The quantitative estimate of drug-likeness (QED) is 0.832. The van der Waals surface area contributed by atoms with E-state index in [4.69, 9.17) is 9.66 Å². The van der Waals surface area contributed by atoms with Crippen molar-refractivity contribution in [2.24, 2.45) is 5.14 Å². The molecule has 0 aliphatic rings. The molecular formula is C9H10N2O3S. The Kier molecular flexibility index (Phi) is 2.24. The van der Waals surface area contributed by atoms with E-state index in [1.165, 1.54) is 6.92 Å². The molecule has 0 radical (unpaired) electrons. The zero-order valence-corrected chi connectivity index (χ0v) is 8.86. The van der Waals surface area contributed by atoms with E-state index in [1.807, 2.05) is 0 Å². The number of nitrogens with zero attached hydrogens (tertiary/aromatic N) is 1. The molecule has 5 nitrogen and oxygen atoms in total. The molecule has 6 heteroatoms. The van der Waals surface area contributed by atoms with E-state index in [0.29, 0.717) is 16.7 Å². The molecule has 1 heterocycles. The van der Waals surface area contributed by atoms with Crippen LogP contribution < -0.4 is 5.14 Å². The Labute approximate surface area is 86.9 Å². The van der Waals surface area contributed by atoms with Gasteiger partial charge >= 0.3 is 0 Å². The van der Waals surface area contributed by atoms with Gasteiger partial charge in [0, 0.05) is 5.39 Å². The molecule has 0 bridgehead atoms. The predicted molar refractivity (Wildman–Crippen MR) is 55.5 cm³/mol. The Morgan fingerprint density at radius 3 is 2.73 bits per heavy atom. The van der Waals surface area contributed by atoms with E-state index < -0.39 is 15.3 Å². The third-order valence-electron chi connectivity index (χ3n) is 2.28. The number of benzene rings is 1. The average molecular weight is 226 g/mol. The highest BCUT2D eigenvalue weighted by atomic mass is 32.2. The molecule has 0 spiro atoms. The third kappa shape index (κ3) is 1.73. The molecule has 0 saturated heterocycles. The molecule has 15 heavy (non-hydrogen) atoms. The lowest BCUT2D eigenvalue weighted by Gasteiger charge is -2.04. The lowest BCUT2D eigenvalue weighted by molar-refractivity contribution is 0.444. The monoisotopic (exact) mass is 226 g/mol. The maximum Gasteiger partial charge on any atom is 0.217 e. The fourth-order valence-electron chi connectivity index (χ4n) is 1.35. The van der Waals surface area contributed by atoms with Gasteiger partial charge in [0.05, 0.1) is 0 Å². The fraction of sp³-hybridized carbons (Fsp3) is 0.222. The molecule has 0 fully saturated rings. The van der Waals surface area contributed by atoms with Gasteiger partial charge in [0.1, 0.15) is 10.9 Å². The first-order chi connectivity index (χ1) is 7.00. The first kappa shape index (κ1) is 10.1. The van der Waals surface area contributed by atoms with Gasteiger partial charge < -0.3 is 4.52 Å². The summed E-state index contributed by atoms with van der Waals surface area (Å²) in [4.78, 5) is 0. The van der Waals surface area contributed by atoms with Gasteiger partial charge in [-0.15, -0.1) is 0 Å². The molecule has 80 valence electrons. The third-order valence-corrected chi connectivity index (χ3v) is 3.49. The minimum absolute atomic E-state index is 0.355. The summed E-state index contributed by atoms with van der Waals surface area (Å²) in [6.45, 7) is 1.49. The van der Waals surface area contributed by atoms with Gasteiger partial charge in [-0.25, -0.2) is 13.6 Å². The molecule has 0 saturated carbocycles. The van der Waals surface area contributed by atoms with Crippen molar-refractivity contribution in [2.45, 2.75) is 12.2 Å². The number of aromatic nitrogens is 1. The fourth-order valence-corrected chi connectivity index (χ4v) is 1.84. The first-order valence-electron chi connectivity index (χ1n) is 4.36. The zero-order valence-electron chi connectivity index (χ0n) is 8.04. The van der Waals surface area contributed by atoms with Gasteiger partial charge in [-0.2, -0.15) is 0 Å². The van der Waals surface area contributed by atoms with Crippen molar-refractivity contribution in [1.29, 1.82) is 0 Å². The van der Waals surface area contributed by atoms with Crippen LogP contribution in [-0.2, 0) is 10.0 Å². The van der Waals surface area contributed by atoms with Crippen molar-refractivity contribution in [2.75, 3.05) is 0 Å². The molecule has 2 aromatic rings. The molecule has 1 atom stereocenters. The molecule has 1 aromatic heterocycles. The second-order valence-electron chi connectivity index (χ2n) is 3.30. The van der Waals surface area contributed by atoms with Crippen molar-refractivity contribution in [3.8, 4) is 0 Å². The number of fused-ring (bicyclic) bond motifs is 1. The summed E-state index contributed by atoms with van der Waals surface area (Å²) in [5, 5.41) is 8.60. The molecule has 2 rings (SSSR count). The minimum atomic E-state index is -3.64. The van der Waals surface area contributed by atoms with E-state index in [2.05, 4.69) is 5.16 Å². The Balaban J connectivity index is 2.63. The highest BCUT2D eigenvalue weighted by Gasteiger charge is 2.23. The van der Waals surface area contributed by atoms with Gasteiger partial charge in [-0.05, 0) is 19.1 Å². The number of nitrogens with two attached hydrogens (primary N) is 1. The van der Waals surface area contributed by atoms with Crippen LogP contribution in [0.1, 0.15) is 17.9 Å². The van der Waals surface area contributed by atoms with Gasteiger partial charge in [0.25, 0.3) is 0 Å². The Morgan fingerprint density at radius 1 is 1.40 bits per heavy atom. The summed E-state index contributed by atoms with van der Waals surface area (Å²) in [6, 6.07) is 7.06. The van der Waals surface area contributed by atoms with Gasteiger partial charge in [0.15, 0.2) is 5.58 Å². The highest BCUT2D eigenvalue weighted by Crippen LogP contribution is 2.26. The van der Waals surface area contributed by atoms with Crippen LogP contribution >= 0.6 is 0 Å². The number of hydrogen-bond acceptors (Lipinski definition) is 4. The smallest absolute Gasteiger partial charge is 0.217 e. The Morgan fingerprint density at radius 2 is 2.07 bits per heavy atom. The van der Waals surface area contributed by atoms with Crippen molar-refractivity contribution >= 4 is 21.0 Å². The highest BCUT2D eigenvalue weighted by molar-refractivity contribution is 7.89. The first-order valence-corrected chi connectivity index (χ1v) is 5.97. The minimum Gasteiger partial charge on any atom is -0.356 e. The normalized spacial score (nSPS) is 14.3. The Bertz CT molecular complexity index is 588. The largest absolute Gasteiger partial charge is 0.356 e. The molecular weight excluding hydrogens is 216 g/mol. The number of para-hydroxylation sites is 1. The van der Waals surface area contributed by atoms with Crippen LogP contribution in [0, 0.1) is 0 Å². The standard InChI is InChI=1S/C9H10N2O3S/c1-6(15(10,12)13)9-7-4-2-3-5-8(7)14-11-9/h2-6H,1H3,(H2,10,12,13)/t6-/m1/s1. The summed E-state index contributed by atoms with van der Waals surface area (Å²) in [5.74, 6) is 0. The van der Waals surface area contributed by atoms with Gasteiger partial charge in [0.2, 0.25) is 10.0 Å². The average Bonchev–Trinajstić information content (AvgIpc) is 2.58. The van der Waals surface area contributed by atoms with Crippen molar-refractivity contribution in [3.05, 3.63) is 30.0 Å². The molecule has 0 amide bonds. The molecule has 2 N–H and O–H groups in total. The predicted octanol–water partition coefficient (Wildman–Crippen LogP) is 1.18. The number of primary sulfonamides is 1. The van der Waals surface area contributed by atoms with Gasteiger partial charge in [-0.1, -0.05) is 17.3 Å². The number of sulfonamides is 1. The summed E-state index contributed by atoms with van der Waals surface area (Å²) in [5.41, 5.74) is 0.913. The maximum atomic E-state index is 11.2. The summed E-state index contributed by atoms with van der Waals surface area (Å²) in [7, 11) is -3.64. The van der Waals surface area contributed by atoms with E-state index in [9.17, 15) is 8.42 Å². The van der Waals surface area contributed by atoms with Crippen LogP contribution in [0.25, 0.3) is 11.0 Å². The van der Waals surface area contributed by atoms with Crippen molar-refractivity contribution in [1.82, 2.24) is 5.16 Å². The van der Waals surface area contributed by atoms with E-state index in [0.717, 1.165) is 0 Å². The van der Waals surface area contributed by atoms with E-state index in [1.54, 1.807) is 24.3 Å². The molecule has 0 aliphatic carbocycles. The second-order valence-corrected chi connectivity index (χ2v) is 5.18. The van der Waals surface area contributed by atoms with Crippen LogP contribution in [0.15, 0.2) is 28.8 Å². The molecule has 1 aromatic carbocycles. The van der Waals surface area contributed by atoms with Gasteiger partial charge in [-0.3, -0.25) is 0 Å².